The van der Waals surface area contributed by atoms with Gasteiger partial charge in [-0.15, -0.1) is 0 Å². The Balaban J connectivity index is 2.55. The molecule has 7 heteroatoms. The highest BCUT2D eigenvalue weighted by molar-refractivity contribution is 7.84. The Kier molecular flexibility index (Phi) is 7.27. The normalized spacial score (nSPS) is 12.7. The summed E-state index contributed by atoms with van der Waals surface area (Å²) in [5, 5.41) is 3.49. The smallest absolute Gasteiger partial charge is 0.387 e. The van der Waals surface area contributed by atoms with E-state index in [0.717, 1.165) is 0 Å². The number of alkyl halides is 2. The Hall–Kier alpha value is -0.720. The summed E-state index contributed by atoms with van der Waals surface area (Å²) in [5.41, 5.74) is 0.551. The van der Waals surface area contributed by atoms with Crippen molar-refractivity contribution in [3.05, 3.63) is 28.8 Å². The molecular formula is C12H16ClF2NO2S. The summed E-state index contributed by atoms with van der Waals surface area (Å²) in [6, 6.07) is 4.48. The summed E-state index contributed by atoms with van der Waals surface area (Å²) in [5.74, 6) is 1.24. The van der Waals surface area contributed by atoms with Crippen molar-refractivity contribution in [2.45, 2.75) is 20.1 Å². The van der Waals surface area contributed by atoms with Gasteiger partial charge in [0.25, 0.3) is 0 Å². The molecule has 0 fully saturated rings. The van der Waals surface area contributed by atoms with Gasteiger partial charge in [0.15, 0.2) is 0 Å². The summed E-state index contributed by atoms with van der Waals surface area (Å²) >= 11 is 5.82. The van der Waals surface area contributed by atoms with E-state index < -0.39 is 17.4 Å². The molecule has 108 valence electrons. The van der Waals surface area contributed by atoms with Gasteiger partial charge in [-0.25, -0.2) is 0 Å². The number of hydrogen-bond donors (Lipinski definition) is 1. The summed E-state index contributed by atoms with van der Waals surface area (Å²) in [6.45, 7) is -0.140. The van der Waals surface area contributed by atoms with Crippen LogP contribution in [0.4, 0.5) is 8.78 Å². The van der Waals surface area contributed by atoms with Crippen molar-refractivity contribution >= 4 is 22.4 Å². The van der Waals surface area contributed by atoms with E-state index >= 15 is 0 Å². The van der Waals surface area contributed by atoms with Crippen LogP contribution in [0.2, 0.25) is 5.02 Å². The van der Waals surface area contributed by atoms with Gasteiger partial charge in [-0.05, 0) is 18.2 Å². The fourth-order valence-electron chi connectivity index (χ4n) is 1.45. The molecule has 0 saturated carbocycles. The van der Waals surface area contributed by atoms with Crippen molar-refractivity contribution < 1.29 is 17.7 Å². The van der Waals surface area contributed by atoms with Crippen LogP contribution in [-0.2, 0) is 17.3 Å². The summed E-state index contributed by atoms with van der Waals surface area (Å²) in [7, 11) is -0.844. The van der Waals surface area contributed by atoms with Crippen LogP contribution in [0.1, 0.15) is 12.5 Å². The Morgan fingerprint density at radius 3 is 2.84 bits per heavy atom. The lowest BCUT2D eigenvalue weighted by atomic mass is 10.2. The van der Waals surface area contributed by atoms with Gasteiger partial charge in [0.1, 0.15) is 5.75 Å². The van der Waals surface area contributed by atoms with Crippen LogP contribution in [0, 0.1) is 0 Å². The fourth-order valence-corrected chi connectivity index (χ4v) is 2.31. The molecule has 0 amide bonds. The van der Waals surface area contributed by atoms with Crippen LogP contribution in [0.25, 0.3) is 0 Å². The lowest BCUT2D eigenvalue weighted by Crippen LogP contribution is -2.21. The van der Waals surface area contributed by atoms with Gasteiger partial charge in [-0.3, -0.25) is 4.21 Å². The van der Waals surface area contributed by atoms with E-state index in [9.17, 15) is 13.0 Å². The second-order valence-corrected chi connectivity index (χ2v) is 6.04. The molecule has 0 aliphatic heterocycles. The van der Waals surface area contributed by atoms with E-state index in [1.165, 1.54) is 12.1 Å². The van der Waals surface area contributed by atoms with Gasteiger partial charge in [-0.2, -0.15) is 8.78 Å². The van der Waals surface area contributed by atoms with Crippen LogP contribution in [0.15, 0.2) is 18.2 Å². The van der Waals surface area contributed by atoms with Crippen molar-refractivity contribution in [3.63, 3.8) is 0 Å². The number of hydrogen-bond acceptors (Lipinski definition) is 3. The average Bonchev–Trinajstić information content (AvgIpc) is 2.36. The fraction of sp³-hybridized carbons (Fsp3) is 0.500. The van der Waals surface area contributed by atoms with E-state index in [1.54, 1.807) is 6.07 Å². The first-order chi connectivity index (χ1) is 9.02. The molecule has 0 bridgehead atoms. The van der Waals surface area contributed by atoms with Crippen molar-refractivity contribution in [2.24, 2.45) is 0 Å². The van der Waals surface area contributed by atoms with Crippen molar-refractivity contribution in [3.8, 4) is 5.75 Å². The van der Waals surface area contributed by atoms with Crippen LogP contribution >= 0.6 is 11.6 Å². The van der Waals surface area contributed by atoms with E-state index in [4.69, 9.17) is 11.6 Å². The van der Waals surface area contributed by atoms with E-state index in [-0.39, 0.29) is 5.75 Å². The zero-order valence-electron chi connectivity index (χ0n) is 10.5. The molecule has 3 nitrogen and oxygen atoms in total. The largest absolute Gasteiger partial charge is 0.434 e. The van der Waals surface area contributed by atoms with Crippen LogP contribution < -0.4 is 10.1 Å². The average molecular weight is 312 g/mol. The highest BCUT2D eigenvalue weighted by Crippen LogP contribution is 2.24. The number of ether oxygens (including phenoxy) is 1. The number of halogens is 3. The maximum Gasteiger partial charge on any atom is 0.387 e. The van der Waals surface area contributed by atoms with E-state index in [0.29, 0.717) is 35.2 Å². The third-order valence-electron chi connectivity index (χ3n) is 2.38. The van der Waals surface area contributed by atoms with Gasteiger partial charge >= 0.3 is 6.61 Å². The molecule has 0 aliphatic carbocycles. The first-order valence-electron chi connectivity index (χ1n) is 5.82. The quantitative estimate of drug-likeness (QED) is 0.750. The molecule has 1 aromatic carbocycles. The molecule has 0 saturated heterocycles. The van der Waals surface area contributed by atoms with Crippen LogP contribution in [0.5, 0.6) is 5.75 Å². The highest BCUT2D eigenvalue weighted by Gasteiger charge is 2.10. The Labute approximate surface area is 118 Å². The molecule has 1 atom stereocenters. The Bertz CT molecular complexity index is 432. The van der Waals surface area contributed by atoms with Crippen molar-refractivity contribution in [1.82, 2.24) is 5.32 Å². The van der Waals surface area contributed by atoms with Crippen LogP contribution in [-0.4, -0.2) is 28.9 Å². The Morgan fingerprint density at radius 1 is 1.47 bits per heavy atom. The van der Waals surface area contributed by atoms with Gasteiger partial charge in [0.2, 0.25) is 0 Å². The SMILES string of the molecule is CCS(=O)CCNCc1cc(Cl)ccc1OC(F)F. The summed E-state index contributed by atoms with van der Waals surface area (Å²) in [4.78, 5) is 0. The molecule has 0 spiro atoms. The van der Waals surface area contributed by atoms with Crippen LogP contribution in [0.3, 0.4) is 0 Å². The minimum absolute atomic E-state index is 0.100. The molecule has 0 aliphatic rings. The lowest BCUT2D eigenvalue weighted by molar-refractivity contribution is -0.0504. The van der Waals surface area contributed by atoms with E-state index in [1.807, 2.05) is 6.92 Å². The maximum atomic E-state index is 12.2. The topological polar surface area (TPSA) is 38.3 Å². The Morgan fingerprint density at radius 2 is 2.21 bits per heavy atom. The van der Waals surface area contributed by atoms with Gasteiger partial charge in [0.05, 0.1) is 0 Å². The predicted octanol–water partition coefficient (Wildman–Crippen LogP) is 2.80. The zero-order chi connectivity index (χ0) is 14.3. The third-order valence-corrected chi connectivity index (χ3v) is 3.92. The monoisotopic (exact) mass is 311 g/mol. The predicted molar refractivity (Wildman–Crippen MR) is 73.3 cm³/mol. The van der Waals surface area contributed by atoms with E-state index in [2.05, 4.69) is 10.1 Å². The number of benzene rings is 1. The van der Waals surface area contributed by atoms with Crippen molar-refractivity contribution in [2.75, 3.05) is 18.1 Å². The van der Waals surface area contributed by atoms with Gasteiger partial charge in [0, 0.05) is 46.0 Å². The number of rotatable bonds is 8. The summed E-state index contributed by atoms with van der Waals surface area (Å²) in [6.07, 6.45) is 0. The van der Waals surface area contributed by atoms with Crippen molar-refractivity contribution in [1.29, 1.82) is 0 Å². The molecule has 1 N–H and O–H groups in total. The number of nitrogens with one attached hydrogen (secondary N) is 1. The second kappa shape index (κ2) is 8.45. The maximum absolute atomic E-state index is 12.2. The molecule has 0 aromatic heterocycles. The third kappa shape index (κ3) is 6.31. The molecule has 0 radical (unpaired) electrons. The minimum Gasteiger partial charge on any atom is -0.434 e. The molecule has 1 rings (SSSR count). The molecule has 1 unspecified atom stereocenters. The zero-order valence-corrected chi connectivity index (χ0v) is 12.1. The molecule has 19 heavy (non-hydrogen) atoms. The summed E-state index contributed by atoms with van der Waals surface area (Å²) < 4.78 is 40.1. The highest BCUT2D eigenvalue weighted by atomic mass is 35.5. The standard InChI is InChI=1S/C12H16ClF2NO2S/c1-2-19(17)6-5-16-8-9-7-10(13)3-4-11(9)18-12(14)15/h3-4,7,12,16H,2,5-6,8H2,1H3. The first-order valence-corrected chi connectivity index (χ1v) is 7.68. The molecule has 1 aromatic rings. The lowest BCUT2D eigenvalue weighted by Gasteiger charge is -2.11. The second-order valence-electron chi connectivity index (χ2n) is 3.74. The van der Waals surface area contributed by atoms with Gasteiger partial charge < -0.3 is 10.1 Å². The minimum atomic E-state index is -2.87. The molecular weight excluding hydrogens is 296 g/mol. The first kappa shape index (κ1) is 16.3. The van der Waals surface area contributed by atoms with Gasteiger partial charge in [-0.1, -0.05) is 18.5 Å². The molecule has 0 heterocycles.